The highest BCUT2D eigenvalue weighted by Crippen LogP contribution is 2.24. The first kappa shape index (κ1) is 20.9. The Morgan fingerprint density at radius 3 is 2.57 bits per heavy atom. The van der Waals surface area contributed by atoms with Crippen molar-refractivity contribution in [1.82, 2.24) is 15.1 Å². The zero-order valence-electron chi connectivity index (χ0n) is 16.6. The van der Waals surface area contributed by atoms with Gasteiger partial charge in [-0.2, -0.15) is 5.10 Å². The molecule has 7 nitrogen and oxygen atoms in total. The summed E-state index contributed by atoms with van der Waals surface area (Å²) in [6, 6.07) is 12.1. The predicted molar refractivity (Wildman–Crippen MR) is 109 cm³/mol. The molecule has 0 aliphatic rings. The maximum absolute atomic E-state index is 14.3. The minimum atomic E-state index is -1.16. The molecule has 3 rings (SSSR count). The van der Waals surface area contributed by atoms with E-state index >= 15 is 0 Å². The average Bonchev–Trinajstić information content (AvgIpc) is 3.08. The van der Waals surface area contributed by atoms with Crippen molar-refractivity contribution in [2.75, 3.05) is 0 Å². The molecule has 3 N–H and O–H groups in total. The van der Waals surface area contributed by atoms with Crippen LogP contribution in [0.2, 0.25) is 0 Å². The molecule has 0 fully saturated rings. The van der Waals surface area contributed by atoms with Crippen molar-refractivity contribution >= 4 is 17.6 Å². The summed E-state index contributed by atoms with van der Waals surface area (Å²) in [7, 11) is 1.60. The zero-order chi connectivity index (χ0) is 21.8. The third-order valence-corrected chi connectivity index (χ3v) is 4.59. The van der Waals surface area contributed by atoms with E-state index in [9.17, 15) is 18.8 Å². The summed E-state index contributed by atoms with van der Waals surface area (Å²) in [6.45, 7) is 1.89. The van der Waals surface area contributed by atoms with Crippen LogP contribution in [0.3, 0.4) is 0 Å². The summed E-state index contributed by atoms with van der Waals surface area (Å²) in [5.41, 5.74) is 7.27. The van der Waals surface area contributed by atoms with Crippen molar-refractivity contribution in [2.24, 2.45) is 12.8 Å². The number of nitrogens with zero attached hydrogens (tertiary/aromatic N) is 2. The number of ketones is 1. The maximum atomic E-state index is 14.3. The van der Waals surface area contributed by atoms with Crippen LogP contribution in [0.15, 0.2) is 54.7 Å². The fraction of sp³-hybridized carbons (Fsp3) is 0.182. The van der Waals surface area contributed by atoms with Crippen LogP contribution in [-0.2, 0) is 23.1 Å². The van der Waals surface area contributed by atoms with E-state index in [-0.39, 0.29) is 23.2 Å². The van der Waals surface area contributed by atoms with Gasteiger partial charge in [-0.15, -0.1) is 0 Å². The molecule has 0 bridgehead atoms. The lowest BCUT2D eigenvalue weighted by atomic mass is 9.99. The van der Waals surface area contributed by atoms with Crippen LogP contribution in [0.5, 0.6) is 0 Å². The molecule has 2 aromatic carbocycles. The molecular formula is C22H21FN4O3. The Kier molecular flexibility index (Phi) is 6.06. The molecule has 0 saturated heterocycles. The lowest BCUT2D eigenvalue weighted by molar-refractivity contribution is -0.137. The van der Waals surface area contributed by atoms with Crippen LogP contribution in [0.4, 0.5) is 4.39 Å². The van der Waals surface area contributed by atoms with E-state index in [1.807, 2.05) is 25.1 Å². The summed E-state index contributed by atoms with van der Waals surface area (Å²) in [5, 5.41) is 6.75. The Morgan fingerprint density at radius 1 is 1.17 bits per heavy atom. The number of Topliss-reactive ketones (excluding diaryl/α,β-unsaturated/α-hetero) is 1. The molecule has 1 heterocycles. The predicted octanol–water partition coefficient (Wildman–Crippen LogP) is 1.93. The number of rotatable bonds is 7. The number of nitrogens with two attached hydrogens (primary N) is 1. The quantitative estimate of drug-likeness (QED) is 0.583. The Balaban J connectivity index is 1.92. The molecule has 30 heavy (non-hydrogen) atoms. The number of carbonyl (C=O) groups is 3. The summed E-state index contributed by atoms with van der Waals surface area (Å²) in [6.07, 6.45) is 1.51. The van der Waals surface area contributed by atoms with Gasteiger partial charge >= 0.3 is 0 Å². The Hall–Kier alpha value is -3.81. The third kappa shape index (κ3) is 4.60. The number of amides is 2. The van der Waals surface area contributed by atoms with E-state index in [1.165, 1.54) is 29.1 Å². The number of primary amides is 1. The molecule has 0 spiro atoms. The van der Waals surface area contributed by atoms with Crippen molar-refractivity contribution < 1.29 is 18.8 Å². The van der Waals surface area contributed by atoms with Crippen molar-refractivity contribution in [1.29, 1.82) is 0 Å². The molecule has 1 unspecified atom stereocenters. The third-order valence-electron chi connectivity index (χ3n) is 4.59. The smallest absolute Gasteiger partial charge is 0.287 e. The fourth-order valence-corrected chi connectivity index (χ4v) is 3.20. The SMILES string of the molecule is Cc1cccc(CC(NC(=O)c2cn(C)nc2-c2ccccc2F)C(=O)C(N)=O)c1. The normalized spacial score (nSPS) is 11.7. The molecule has 0 aliphatic heterocycles. The number of nitrogens with one attached hydrogen (secondary N) is 1. The molecule has 1 aromatic heterocycles. The lowest BCUT2D eigenvalue weighted by Crippen LogP contribution is -2.47. The number of halogens is 1. The number of hydrogen-bond donors (Lipinski definition) is 2. The van der Waals surface area contributed by atoms with Crippen LogP contribution in [-0.4, -0.2) is 33.4 Å². The molecule has 0 aliphatic carbocycles. The minimum absolute atomic E-state index is 0.0779. The van der Waals surface area contributed by atoms with Crippen LogP contribution in [0, 0.1) is 12.7 Å². The van der Waals surface area contributed by atoms with Crippen molar-refractivity contribution in [3.05, 3.63) is 77.2 Å². The van der Waals surface area contributed by atoms with Gasteiger partial charge in [-0.1, -0.05) is 42.0 Å². The first-order valence-corrected chi connectivity index (χ1v) is 9.25. The average molecular weight is 408 g/mol. The number of aryl methyl sites for hydroxylation is 2. The number of benzene rings is 2. The van der Waals surface area contributed by atoms with Crippen LogP contribution >= 0.6 is 0 Å². The largest absolute Gasteiger partial charge is 0.363 e. The van der Waals surface area contributed by atoms with Crippen molar-refractivity contribution in [2.45, 2.75) is 19.4 Å². The summed E-state index contributed by atoms with van der Waals surface area (Å²) >= 11 is 0. The van der Waals surface area contributed by atoms with Crippen LogP contribution < -0.4 is 11.1 Å². The van der Waals surface area contributed by atoms with E-state index in [2.05, 4.69) is 10.4 Å². The van der Waals surface area contributed by atoms with Gasteiger partial charge in [0.1, 0.15) is 17.6 Å². The second-order valence-corrected chi connectivity index (χ2v) is 6.99. The number of hydrogen-bond acceptors (Lipinski definition) is 4. The molecule has 3 aromatic rings. The first-order valence-electron chi connectivity index (χ1n) is 9.25. The highest BCUT2D eigenvalue weighted by Gasteiger charge is 2.28. The van der Waals surface area contributed by atoms with Crippen LogP contribution in [0.1, 0.15) is 21.5 Å². The Bertz CT molecular complexity index is 1120. The zero-order valence-corrected chi connectivity index (χ0v) is 16.6. The molecule has 2 amide bonds. The van der Waals surface area contributed by atoms with Gasteiger partial charge in [0, 0.05) is 25.2 Å². The molecule has 8 heteroatoms. The Morgan fingerprint density at radius 2 is 1.90 bits per heavy atom. The number of carbonyl (C=O) groups excluding carboxylic acids is 3. The summed E-state index contributed by atoms with van der Waals surface area (Å²) in [4.78, 5) is 36.8. The number of aromatic nitrogens is 2. The van der Waals surface area contributed by atoms with Gasteiger partial charge in [-0.25, -0.2) is 4.39 Å². The highest BCUT2D eigenvalue weighted by molar-refractivity contribution is 6.38. The molecule has 154 valence electrons. The van der Waals surface area contributed by atoms with Gasteiger partial charge in [0.2, 0.25) is 5.78 Å². The van der Waals surface area contributed by atoms with Gasteiger partial charge in [0.05, 0.1) is 5.56 Å². The lowest BCUT2D eigenvalue weighted by Gasteiger charge is -2.16. The van der Waals surface area contributed by atoms with E-state index in [0.717, 1.165) is 11.1 Å². The second-order valence-electron chi connectivity index (χ2n) is 6.99. The van der Waals surface area contributed by atoms with Gasteiger partial charge in [0.25, 0.3) is 11.8 Å². The van der Waals surface area contributed by atoms with Crippen molar-refractivity contribution in [3.63, 3.8) is 0 Å². The van der Waals surface area contributed by atoms with E-state index in [1.54, 1.807) is 19.2 Å². The van der Waals surface area contributed by atoms with Crippen LogP contribution in [0.25, 0.3) is 11.3 Å². The van der Waals surface area contributed by atoms with E-state index < -0.39 is 29.5 Å². The van der Waals surface area contributed by atoms with Crippen molar-refractivity contribution in [3.8, 4) is 11.3 Å². The molecule has 1 atom stereocenters. The van der Waals surface area contributed by atoms with Gasteiger partial charge in [-0.3, -0.25) is 19.1 Å². The Labute approximate surface area is 172 Å². The monoisotopic (exact) mass is 408 g/mol. The van der Waals surface area contributed by atoms with Gasteiger partial charge in [-0.05, 0) is 24.6 Å². The van der Waals surface area contributed by atoms with Gasteiger partial charge in [0.15, 0.2) is 0 Å². The summed E-state index contributed by atoms with van der Waals surface area (Å²) in [5.74, 6) is -3.25. The second kappa shape index (κ2) is 8.69. The first-order chi connectivity index (χ1) is 14.3. The minimum Gasteiger partial charge on any atom is -0.363 e. The van der Waals surface area contributed by atoms with E-state index in [0.29, 0.717) is 0 Å². The fourth-order valence-electron chi connectivity index (χ4n) is 3.20. The summed E-state index contributed by atoms with van der Waals surface area (Å²) < 4.78 is 15.6. The van der Waals surface area contributed by atoms with Gasteiger partial charge < -0.3 is 11.1 Å². The standard InChI is InChI=1S/C22H21FN4O3/c1-13-6-5-7-14(10-13)11-18(20(28)21(24)29)25-22(30)16-12-27(2)26-19(16)15-8-3-4-9-17(15)23/h3-10,12,18H,11H2,1-2H3,(H2,24,29)(H,25,30). The molecule has 0 saturated carbocycles. The van der Waals surface area contributed by atoms with E-state index in [4.69, 9.17) is 5.73 Å². The molecular weight excluding hydrogens is 387 g/mol. The highest BCUT2D eigenvalue weighted by atomic mass is 19.1. The molecule has 0 radical (unpaired) electrons. The maximum Gasteiger partial charge on any atom is 0.287 e. The topological polar surface area (TPSA) is 107 Å².